The number of piperazine rings is 1. The lowest BCUT2D eigenvalue weighted by Gasteiger charge is -2.35. The third-order valence-electron chi connectivity index (χ3n) is 4.74. The minimum atomic E-state index is -0.458. The minimum Gasteiger partial charge on any atom is -0.465 e. The van der Waals surface area contributed by atoms with Gasteiger partial charge in [0.05, 0.1) is 12.7 Å². The summed E-state index contributed by atoms with van der Waals surface area (Å²) in [6, 6.07) is 8.12. The summed E-state index contributed by atoms with van der Waals surface area (Å²) in [4.78, 5) is 28.0. The van der Waals surface area contributed by atoms with Crippen molar-refractivity contribution in [1.29, 1.82) is 0 Å². The zero-order valence-electron chi connectivity index (χ0n) is 15.3. The molecule has 0 aromatic heterocycles. The standard InChI is InChI=1S/C19H26N2O4/c1-19(2,3)25-18(23)21-12-15-9-16(21)11-20(15)10-13-5-7-14(8-6-13)17(22)24-4/h5-8,15-16H,9-12H2,1-4H3. The smallest absolute Gasteiger partial charge is 0.410 e. The summed E-state index contributed by atoms with van der Waals surface area (Å²) < 4.78 is 10.2. The molecule has 2 aliphatic heterocycles. The molecule has 2 atom stereocenters. The summed E-state index contributed by atoms with van der Waals surface area (Å²) >= 11 is 0. The number of fused-ring (bicyclic) bond motifs is 2. The molecule has 0 N–H and O–H groups in total. The lowest BCUT2D eigenvalue weighted by atomic mass is 10.1. The second-order valence-electron chi connectivity index (χ2n) is 7.79. The molecule has 1 amide bonds. The van der Waals surface area contributed by atoms with Crippen molar-refractivity contribution in [1.82, 2.24) is 9.80 Å². The third-order valence-corrected chi connectivity index (χ3v) is 4.74. The van der Waals surface area contributed by atoms with E-state index < -0.39 is 5.60 Å². The van der Waals surface area contributed by atoms with Gasteiger partial charge in [-0.15, -0.1) is 0 Å². The molecule has 6 nitrogen and oxygen atoms in total. The Morgan fingerprint density at radius 1 is 1.12 bits per heavy atom. The number of rotatable bonds is 3. The van der Waals surface area contributed by atoms with Crippen LogP contribution in [0.2, 0.25) is 0 Å². The fourth-order valence-corrected chi connectivity index (χ4v) is 3.59. The van der Waals surface area contributed by atoms with Gasteiger partial charge in [-0.05, 0) is 44.9 Å². The van der Waals surface area contributed by atoms with Crippen molar-refractivity contribution in [3.63, 3.8) is 0 Å². The normalized spacial score (nSPS) is 23.0. The Labute approximate surface area is 148 Å². The number of benzene rings is 1. The minimum absolute atomic E-state index is 0.206. The zero-order valence-corrected chi connectivity index (χ0v) is 15.3. The van der Waals surface area contributed by atoms with E-state index in [4.69, 9.17) is 9.47 Å². The number of hydrogen-bond acceptors (Lipinski definition) is 5. The molecular weight excluding hydrogens is 320 g/mol. The van der Waals surface area contributed by atoms with E-state index in [9.17, 15) is 9.59 Å². The molecule has 1 aromatic rings. The largest absolute Gasteiger partial charge is 0.465 e. The lowest BCUT2D eigenvalue weighted by Crippen LogP contribution is -2.49. The molecular formula is C19H26N2O4. The molecule has 2 saturated heterocycles. The van der Waals surface area contributed by atoms with Crippen LogP contribution in [0.5, 0.6) is 0 Å². The Morgan fingerprint density at radius 3 is 2.32 bits per heavy atom. The summed E-state index contributed by atoms with van der Waals surface area (Å²) in [7, 11) is 1.38. The zero-order chi connectivity index (χ0) is 18.2. The number of esters is 1. The Kier molecular flexibility index (Phi) is 4.73. The van der Waals surface area contributed by atoms with Gasteiger partial charge in [-0.2, -0.15) is 0 Å². The highest BCUT2D eigenvalue weighted by Crippen LogP contribution is 2.32. The van der Waals surface area contributed by atoms with Crippen LogP contribution >= 0.6 is 0 Å². The molecule has 2 bridgehead atoms. The molecule has 0 radical (unpaired) electrons. The molecule has 1 aromatic carbocycles. The van der Waals surface area contributed by atoms with E-state index in [1.807, 2.05) is 37.8 Å². The highest BCUT2D eigenvalue weighted by molar-refractivity contribution is 5.89. The van der Waals surface area contributed by atoms with Crippen molar-refractivity contribution in [3.05, 3.63) is 35.4 Å². The van der Waals surface area contributed by atoms with Crippen molar-refractivity contribution >= 4 is 12.1 Å². The van der Waals surface area contributed by atoms with Crippen LogP contribution in [0.25, 0.3) is 0 Å². The Morgan fingerprint density at radius 2 is 1.80 bits per heavy atom. The van der Waals surface area contributed by atoms with Gasteiger partial charge in [0.1, 0.15) is 5.60 Å². The van der Waals surface area contributed by atoms with Crippen LogP contribution in [0.15, 0.2) is 24.3 Å². The Balaban J connectivity index is 1.56. The van der Waals surface area contributed by atoms with Crippen LogP contribution < -0.4 is 0 Å². The van der Waals surface area contributed by atoms with Gasteiger partial charge in [0.15, 0.2) is 0 Å². The highest BCUT2D eigenvalue weighted by atomic mass is 16.6. The van der Waals surface area contributed by atoms with Gasteiger partial charge in [-0.3, -0.25) is 4.90 Å². The average molecular weight is 346 g/mol. The SMILES string of the molecule is COC(=O)c1ccc(CN2CC3CC2CN3C(=O)OC(C)(C)C)cc1. The molecule has 2 unspecified atom stereocenters. The van der Waals surface area contributed by atoms with Crippen LogP contribution in [0.1, 0.15) is 43.1 Å². The molecule has 0 spiro atoms. The molecule has 136 valence electrons. The molecule has 3 rings (SSSR count). The van der Waals surface area contributed by atoms with Crippen LogP contribution in [-0.4, -0.2) is 59.7 Å². The fourth-order valence-electron chi connectivity index (χ4n) is 3.59. The number of carbonyl (C=O) groups excluding carboxylic acids is 2. The van der Waals surface area contributed by atoms with Crippen LogP contribution in [0, 0.1) is 0 Å². The van der Waals surface area contributed by atoms with Gasteiger partial charge < -0.3 is 14.4 Å². The molecule has 25 heavy (non-hydrogen) atoms. The average Bonchev–Trinajstić information content (AvgIpc) is 3.13. The predicted molar refractivity (Wildman–Crippen MR) is 93.3 cm³/mol. The van der Waals surface area contributed by atoms with E-state index in [1.165, 1.54) is 7.11 Å². The van der Waals surface area contributed by atoms with E-state index in [1.54, 1.807) is 12.1 Å². The van der Waals surface area contributed by atoms with Gasteiger partial charge in [0.25, 0.3) is 0 Å². The monoisotopic (exact) mass is 346 g/mol. The molecule has 2 heterocycles. The number of hydrogen-bond donors (Lipinski definition) is 0. The first kappa shape index (κ1) is 17.7. The number of methoxy groups -OCH3 is 1. The van der Waals surface area contributed by atoms with Crippen LogP contribution in [0.3, 0.4) is 0 Å². The summed E-state index contributed by atoms with van der Waals surface area (Å²) in [5, 5.41) is 0. The number of ether oxygens (including phenoxy) is 2. The number of amides is 1. The van der Waals surface area contributed by atoms with E-state index in [0.717, 1.165) is 31.6 Å². The second-order valence-corrected chi connectivity index (χ2v) is 7.79. The van der Waals surface area contributed by atoms with Crippen molar-refractivity contribution in [2.45, 2.75) is 51.4 Å². The van der Waals surface area contributed by atoms with E-state index in [2.05, 4.69) is 4.90 Å². The topological polar surface area (TPSA) is 59.1 Å². The molecule has 0 aliphatic carbocycles. The summed E-state index contributed by atoms with van der Waals surface area (Å²) in [5.41, 5.74) is 1.26. The van der Waals surface area contributed by atoms with E-state index in [0.29, 0.717) is 11.6 Å². The first-order valence-corrected chi connectivity index (χ1v) is 8.68. The molecule has 2 fully saturated rings. The fraction of sp³-hybridized carbons (Fsp3) is 0.579. The third kappa shape index (κ3) is 3.95. The van der Waals surface area contributed by atoms with Crippen LogP contribution in [-0.2, 0) is 16.0 Å². The first-order chi connectivity index (χ1) is 11.8. The number of likely N-dealkylation sites (tertiary alicyclic amines) is 2. The maximum Gasteiger partial charge on any atom is 0.410 e. The lowest BCUT2D eigenvalue weighted by molar-refractivity contribution is 0.0124. The Bertz CT molecular complexity index is 650. The summed E-state index contributed by atoms with van der Waals surface area (Å²) in [6.07, 6.45) is 0.793. The van der Waals surface area contributed by atoms with Gasteiger partial charge in [-0.1, -0.05) is 12.1 Å². The predicted octanol–water partition coefficient (Wildman–Crippen LogP) is 2.67. The maximum absolute atomic E-state index is 12.3. The van der Waals surface area contributed by atoms with Crippen LogP contribution in [0.4, 0.5) is 4.79 Å². The van der Waals surface area contributed by atoms with Gasteiger partial charge in [0, 0.05) is 31.7 Å². The maximum atomic E-state index is 12.3. The highest BCUT2D eigenvalue weighted by Gasteiger charge is 2.46. The molecule has 2 aliphatic rings. The summed E-state index contributed by atoms with van der Waals surface area (Å²) in [6.45, 7) is 8.09. The number of nitrogens with zero attached hydrogens (tertiary/aromatic N) is 2. The van der Waals surface area contributed by atoms with Crippen molar-refractivity contribution in [2.24, 2.45) is 0 Å². The van der Waals surface area contributed by atoms with E-state index in [-0.39, 0.29) is 18.1 Å². The molecule has 6 heteroatoms. The van der Waals surface area contributed by atoms with Crippen molar-refractivity contribution in [3.8, 4) is 0 Å². The second kappa shape index (κ2) is 6.67. The first-order valence-electron chi connectivity index (χ1n) is 8.68. The number of carbonyl (C=O) groups is 2. The van der Waals surface area contributed by atoms with Gasteiger partial charge in [0.2, 0.25) is 0 Å². The molecule has 0 saturated carbocycles. The van der Waals surface area contributed by atoms with Crippen molar-refractivity contribution in [2.75, 3.05) is 20.2 Å². The summed E-state index contributed by atoms with van der Waals surface area (Å²) in [5.74, 6) is -0.320. The van der Waals surface area contributed by atoms with Gasteiger partial charge in [-0.25, -0.2) is 9.59 Å². The van der Waals surface area contributed by atoms with Crippen molar-refractivity contribution < 1.29 is 19.1 Å². The Hall–Kier alpha value is -2.08. The van der Waals surface area contributed by atoms with E-state index >= 15 is 0 Å². The van der Waals surface area contributed by atoms with Gasteiger partial charge >= 0.3 is 12.1 Å². The quantitative estimate of drug-likeness (QED) is 0.788.